The Hall–Kier alpha value is -0.530. The number of hydrogen-bond acceptors (Lipinski definition) is 1. The van der Waals surface area contributed by atoms with Gasteiger partial charge in [-0.05, 0) is 12.8 Å². The van der Waals surface area contributed by atoms with Gasteiger partial charge in [0.1, 0.15) is 11.6 Å². The van der Waals surface area contributed by atoms with Gasteiger partial charge in [-0.15, -0.1) is 0 Å². The topological polar surface area (TPSA) is 20.2 Å². The van der Waals surface area contributed by atoms with Gasteiger partial charge >= 0.3 is 0 Å². The second kappa shape index (κ2) is 11.0. The molecular weight excluding hydrogens is 203 g/mol. The Morgan fingerprint density at radius 1 is 0.812 bits per heavy atom. The van der Waals surface area contributed by atoms with Crippen molar-refractivity contribution < 1.29 is 9.50 Å². The number of rotatable bonds is 10. The van der Waals surface area contributed by atoms with E-state index in [-0.39, 0.29) is 11.6 Å². The van der Waals surface area contributed by atoms with E-state index >= 15 is 0 Å². The number of hydrogen-bond donors (Lipinski definition) is 1. The van der Waals surface area contributed by atoms with Gasteiger partial charge in [0, 0.05) is 12.8 Å². The van der Waals surface area contributed by atoms with Crippen LogP contribution in [0.3, 0.4) is 0 Å². The van der Waals surface area contributed by atoms with Crippen molar-refractivity contribution in [2.75, 3.05) is 0 Å². The second-order valence-electron chi connectivity index (χ2n) is 4.47. The van der Waals surface area contributed by atoms with E-state index in [0.717, 1.165) is 38.5 Å². The molecule has 0 spiro atoms. The van der Waals surface area contributed by atoms with Gasteiger partial charge in [-0.25, -0.2) is 4.39 Å². The third kappa shape index (κ3) is 8.75. The molecule has 0 atom stereocenters. The maximum Gasteiger partial charge on any atom is 0.137 e. The predicted molar refractivity (Wildman–Crippen MR) is 68.3 cm³/mol. The van der Waals surface area contributed by atoms with Crippen LogP contribution in [0.15, 0.2) is 11.6 Å². The van der Waals surface area contributed by atoms with Crippen molar-refractivity contribution in [1.82, 2.24) is 0 Å². The molecule has 0 amide bonds. The quantitative estimate of drug-likeness (QED) is 0.379. The van der Waals surface area contributed by atoms with Crippen molar-refractivity contribution in [2.24, 2.45) is 0 Å². The van der Waals surface area contributed by atoms with E-state index in [2.05, 4.69) is 13.8 Å². The van der Waals surface area contributed by atoms with E-state index in [4.69, 9.17) is 0 Å². The molecule has 0 fully saturated rings. The molecule has 0 aromatic heterocycles. The Kier molecular flexibility index (Phi) is 10.6. The first-order valence-electron chi connectivity index (χ1n) is 6.78. The first-order chi connectivity index (χ1) is 7.72. The van der Waals surface area contributed by atoms with Crippen molar-refractivity contribution in [3.63, 3.8) is 0 Å². The maximum atomic E-state index is 13.4. The van der Waals surface area contributed by atoms with E-state index in [9.17, 15) is 9.50 Å². The zero-order valence-corrected chi connectivity index (χ0v) is 10.9. The molecule has 0 bridgehead atoms. The van der Waals surface area contributed by atoms with Crippen LogP contribution < -0.4 is 0 Å². The highest BCUT2D eigenvalue weighted by molar-refractivity contribution is 4.98. The first-order valence-corrected chi connectivity index (χ1v) is 6.78. The molecule has 0 aliphatic heterocycles. The lowest BCUT2D eigenvalue weighted by atomic mass is 10.1. The highest BCUT2D eigenvalue weighted by atomic mass is 19.1. The number of allylic oxidation sites excluding steroid dienone is 2. The van der Waals surface area contributed by atoms with Gasteiger partial charge in [0.05, 0.1) is 0 Å². The minimum atomic E-state index is -0.285. The summed E-state index contributed by atoms with van der Waals surface area (Å²) in [4.78, 5) is 0. The summed E-state index contributed by atoms with van der Waals surface area (Å²) in [5.41, 5.74) is 0. The van der Waals surface area contributed by atoms with Crippen LogP contribution >= 0.6 is 0 Å². The molecule has 0 rings (SSSR count). The molecule has 0 aliphatic rings. The van der Waals surface area contributed by atoms with Crippen molar-refractivity contribution in [3.8, 4) is 0 Å². The first kappa shape index (κ1) is 15.5. The summed E-state index contributed by atoms with van der Waals surface area (Å²) in [5, 5.41) is 9.48. The Morgan fingerprint density at radius 3 is 1.81 bits per heavy atom. The summed E-state index contributed by atoms with van der Waals surface area (Å²) >= 11 is 0. The van der Waals surface area contributed by atoms with Crippen LogP contribution in [0.25, 0.3) is 0 Å². The smallest absolute Gasteiger partial charge is 0.137 e. The van der Waals surface area contributed by atoms with Crippen LogP contribution in [0, 0.1) is 0 Å². The van der Waals surface area contributed by atoms with E-state index < -0.39 is 0 Å². The van der Waals surface area contributed by atoms with Crippen LogP contribution in [0.5, 0.6) is 0 Å². The lowest BCUT2D eigenvalue weighted by molar-refractivity contribution is 0.344. The molecule has 0 aliphatic carbocycles. The summed E-state index contributed by atoms with van der Waals surface area (Å²) in [7, 11) is 0. The Morgan fingerprint density at radius 2 is 1.31 bits per heavy atom. The molecule has 96 valence electrons. The number of aliphatic hydroxyl groups excluding tert-OH is 1. The average molecular weight is 230 g/mol. The van der Waals surface area contributed by atoms with Gasteiger partial charge in [0.2, 0.25) is 0 Å². The third-order valence-electron chi connectivity index (χ3n) is 2.83. The van der Waals surface area contributed by atoms with E-state index in [1.54, 1.807) is 0 Å². The van der Waals surface area contributed by atoms with Crippen molar-refractivity contribution in [2.45, 2.75) is 78.1 Å². The summed E-state index contributed by atoms with van der Waals surface area (Å²) in [6.07, 6.45) is 9.50. The van der Waals surface area contributed by atoms with Gasteiger partial charge < -0.3 is 5.11 Å². The van der Waals surface area contributed by atoms with E-state index in [1.807, 2.05) is 0 Å². The van der Waals surface area contributed by atoms with Gasteiger partial charge in [0.25, 0.3) is 0 Å². The molecule has 0 saturated carbocycles. The minimum Gasteiger partial charge on any atom is -0.510 e. The fraction of sp³-hybridized carbons (Fsp3) is 0.857. The number of unbranched alkanes of at least 4 members (excludes halogenated alkanes) is 6. The monoisotopic (exact) mass is 230 g/mol. The highest BCUT2D eigenvalue weighted by Gasteiger charge is 2.04. The van der Waals surface area contributed by atoms with Gasteiger partial charge in [-0.2, -0.15) is 0 Å². The van der Waals surface area contributed by atoms with Gasteiger partial charge in [-0.1, -0.05) is 52.4 Å². The molecule has 0 aromatic carbocycles. The molecule has 0 aromatic rings. The molecule has 2 heteroatoms. The van der Waals surface area contributed by atoms with Crippen LogP contribution in [-0.2, 0) is 0 Å². The van der Waals surface area contributed by atoms with Crippen molar-refractivity contribution >= 4 is 0 Å². The third-order valence-corrected chi connectivity index (χ3v) is 2.83. The van der Waals surface area contributed by atoms with Gasteiger partial charge in [-0.3, -0.25) is 0 Å². The zero-order valence-electron chi connectivity index (χ0n) is 10.9. The Balaban J connectivity index is 3.60. The highest BCUT2D eigenvalue weighted by Crippen LogP contribution is 2.18. The average Bonchev–Trinajstić information content (AvgIpc) is 2.29. The lowest BCUT2D eigenvalue weighted by Crippen LogP contribution is -1.89. The molecule has 0 radical (unpaired) electrons. The number of halogens is 1. The fourth-order valence-electron chi connectivity index (χ4n) is 1.71. The van der Waals surface area contributed by atoms with Crippen LogP contribution in [0.1, 0.15) is 78.1 Å². The van der Waals surface area contributed by atoms with Crippen LogP contribution in [-0.4, -0.2) is 5.11 Å². The van der Waals surface area contributed by atoms with E-state index in [1.165, 1.54) is 12.8 Å². The van der Waals surface area contributed by atoms with Gasteiger partial charge in [0.15, 0.2) is 0 Å². The summed E-state index contributed by atoms with van der Waals surface area (Å²) in [6.45, 7) is 4.28. The van der Waals surface area contributed by atoms with Crippen LogP contribution in [0.2, 0.25) is 0 Å². The molecule has 0 saturated heterocycles. The Labute approximate surface area is 99.8 Å². The zero-order chi connectivity index (χ0) is 12.2. The SMILES string of the molecule is CCCCCCC(O)=C(F)CCCCCC. The summed E-state index contributed by atoms with van der Waals surface area (Å²) in [5.74, 6) is -0.291. The minimum absolute atomic E-state index is 0.00685. The van der Waals surface area contributed by atoms with Crippen molar-refractivity contribution in [3.05, 3.63) is 11.6 Å². The largest absolute Gasteiger partial charge is 0.510 e. The fourth-order valence-corrected chi connectivity index (χ4v) is 1.71. The molecule has 0 heterocycles. The molecule has 1 nitrogen and oxygen atoms in total. The Bertz CT molecular complexity index is 167. The predicted octanol–water partition coefficient (Wildman–Crippen LogP) is 5.67. The van der Waals surface area contributed by atoms with Crippen molar-refractivity contribution in [1.29, 1.82) is 0 Å². The summed E-state index contributed by atoms with van der Waals surface area (Å²) in [6, 6.07) is 0. The number of aliphatic hydroxyl groups is 1. The molecule has 0 unspecified atom stereocenters. The summed E-state index contributed by atoms with van der Waals surface area (Å²) < 4.78 is 13.4. The second-order valence-corrected chi connectivity index (χ2v) is 4.47. The molecule has 1 N–H and O–H groups in total. The standard InChI is InChI=1S/C14H27FO/c1-3-5-7-9-11-13(15)14(16)12-10-8-6-4-2/h16H,3-12H2,1-2H3. The maximum absolute atomic E-state index is 13.4. The molecular formula is C14H27FO. The lowest BCUT2D eigenvalue weighted by Gasteiger charge is -2.03. The van der Waals surface area contributed by atoms with Crippen LogP contribution in [0.4, 0.5) is 4.39 Å². The molecule has 16 heavy (non-hydrogen) atoms. The van der Waals surface area contributed by atoms with E-state index in [0.29, 0.717) is 12.8 Å². The normalized spacial score (nSPS) is 12.7.